The summed E-state index contributed by atoms with van der Waals surface area (Å²) in [5.41, 5.74) is 2.13. The van der Waals surface area contributed by atoms with Crippen LogP contribution in [0.15, 0.2) is 35.9 Å². The maximum Gasteiger partial charge on any atom is 0.248 e. The average Bonchev–Trinajstić information content (AvgIpc) is 3.01. The van der Waals surface area contributed by atoms with E-state index in [1.807, 2.05) is 12.1 Å². The van der Waals surface area contributed by atoms with Crippen molar-refractivity contribution in [1.82, 2.24) is 0 Å². The molecule has 0 radical (unpaired) electrons. The second-order valence-corrected chi connectivity index (χ2v) is 10.1. The van der Waals surface area contributed by atoms with Gasteiger partial charge in [-0.25, -0.2) is 0 Å². The molecule has 2 aliphatic carbocycles. The quantitative estimate of drug-likeness (QED) is 0.387. The summed E-state index contributed by atoms with van der Waals surface area (Å²) in [6, 6.07) is 6.92. The summed E-state index contributed by atoms with van der Waals surface area (Å²) in [7, 11) is 0. The van der Waals surface area contributed by atoms with E-state index in [2.05, 4.69) is 33.0 Å². The molecule has 29 heavy (non-hydrogen) atoms. The van der Waals surface area contributed by atoms with Crippen LogP contribution in [0.4, 0.5) is 5.69 Å². The number of aromatic hydroxyl groups is 1. The van der Waals surface area contributed by atoms with Crippen LogP contribution in [0, 0.1) is 29.1 Å². The normalized spacial score (nSPS) is 29.1. The van der Waals surface area contributed by atoms with Gasteiger partial charge in [0, 0.05) is 6.08 Å². The lowest BCUT2D eigenvalue weighted by Gasteiger charge is -2.44. The number of allylic oxidation sites excluding steroid dienone is 1. The smallest absolute Gasteiger partial charge is 0.248 e. The van der Waals surface area contributed by atoms with Crippen molar-refractivity contribution in [2.75, 3.05) is 5.32 Å². The molecule has 0 spiro atoms. The topological polar surface area (TPSA) is 49.3 Å². The molecule has 3 rings (SSSR count). The molecule has 2 aliphatic rings. The largest absolute Gasteiger partial charge is 0.506 e. The van der Waals surface area contributed by atoms with E-state index in [0.717, 1.165) is 24.2 Å². The van der Waals surface area contributed by atoms with Gasteiger partial charge < -0.3 is 10.4 Å². The molecule has 3 heteroatoms. The number of phenols is 1. The van der Waals surface area contributed by atoms with Gasteiger partial charge in [0.2, 0.25) is 5.91 Å². The second kappa shape index (κ2) is 9.36. The van der Waals surface area contributed by atoms with Gasteiger partial charge in [0.25, 0.3) is 0 Å². The van der Waals surface area contributed by atoms with Crippen LogP contribution in [0.1, 0.15) is 79.1 Å². The minimum absolute atomic E-state index is 0.112. The van der Waals surface area contributed by atoms with E-state index in [1.165, 1.54) is 50.5 Å². The Morgan fingerprint density at radius 2 is 2.00 bits per heavy atom. The van der Waals surface area contributed by atoms with Crippen LogP contribution < -0.4 is 5.32 Å². The fraction of sp³-hybridized carbons (Fsp3) is 0.654. The van der Waals surface area contributed by atoms with Gasteiger partial charge >= 0.3 is 0 Å². The van der Waals surface area contributed by atoms with Crippen LogP contribution in [0.25, 0.3) is 0 Å². The van der Waals surface area contributed by atoms with Crippen LogP contribution in [0.5, 0.6) is 5.75 Å². The molecule has 0 heterocycles. The first-order valence-electron chi connectivity index (χ1n) is 11.6. The van der Waals surface area contributed by atoms with Crippen LogP contribution in [0.2, 0.25) is 0 Å². The number of carbonyl (C=O) groups excluding carboxylic acids is 1. The number of hydrogen-bond acceptors (Lipinski definition) is 2. The van der Waals surface area contributed by atoms with Crippen LogP contribution in [-0.2, 0) is 4.79 Å². The van der Waals surface area contributed by atoms with Gasteiger partial charge in [-0.1, -0.05) is 64.7 Å². The van der Waals surface area contributed by atoms with Crippen molar-refractivity contribution in [1.29, 1.82) is 0 Å². The standard InChI is InChI=1S/C26H39NO2/c1-18(2)9-7-10-19(3)21-14-15-22-20(11-8-16-26(21,22)4)17-25(29)27-23-12-5-6-13-24(23)28/h5-6,12-13,17-19,21-22,28H,7-11,14-16H2,1-4H3,(H,27,29)/b20-17+/t19-,21-,22+,26-/m1/s1. The summed E-state index contributed by atoms with van der Waals surface area (Å²) in [6.45, 7) is 9.58. The zero-order valence-electron chi connectivity index (χ0n) is 18.7. The number of rotatable bonds is 7. The molecule has 0 saturated heterocycles. The molecular weight excluding hydrogens is 358 g/mol. The van der Waals surface area contributed by atoms with E-state index in [0.29, 0.717) is 17.0 Å². The number of para-hydroxylation sites is 2. The summed E-state index contributed by atoms with van der Waals surface area (Å²) in [4.78, 5) is 12.6. The molecule has 2 saturated carbocycles. The van der Waals surface area contributed by atoms with E-state index in [9.17, 15) is 9.90 Å². The Bertz CT molecular complexity index is 738. The Hall–Kier alpha value is -1.77. The maximum absolute atomic E-state index is 12.6. The molecule has 2 fully saturated rings. The predicted molar refractivity (Wildman–Crippen MR) is 121 cm³/mol. The van der Waals surface area contributed by atoms with E-state index < -0.39 is 0 Å². The van der Waals surface area contributed by atoms with Crippen molar-refractivity contribution < 1.29 is 9.90 Å². The molecule has 4 atom stereocenters. The van der Waals surface area contributed by atoms with Gasteiger partial charge in [-0.3, -0.25) is 4.79 Å². The highest BCUT2D eigenvalue weighted by Crippen LogP contribution is 2.59. The minimum atomic E-state index is -0.112. The van der Waals surface area contributed by atoms with Gasteiger partial charge in [0.05, 0.1) is 5.69 Å². The van der Waals surface area contributed by atoms with Crippen molar-refractivity contribution in [3.8, 4) is 5.75 Å². The Labute approximate surface area is 177 Å². The van der Waals surface area contributed by atoms with Crippen molar-refractivity contribution in [2.24, 2.45) is 29.1 Å². The number of hydrogen-bond donors (Lipinski definition) is 2. The number of fused-ring (bicyclic) bond motifs is 1. The van der Waals surface area contributed by atoms with Crippen LogP contribution >= 0.6 is 0 Å². The molecule has 0 bridgehead atoms. The summed E-state index contributed by atoms with van der Waals surface area (Å²) < 4.78 is 0. The molecule has 1 aromatic rings. The van der Waals surface area contributed by atoms with Gasteiger partial charge in [0.15, 0.2) is 0 Å². The number of amides is 1. The molecular formula is C26H39NO2. The number of benzene rings is 1. The number of anilines is 1. The third kappa shape index (κ3) is 5.05. The van der Waals surface area contributed by atoms with E-state index in [4.69, 9.17) is 0 Å². The first kappa shape index (κ1) is 21.9. The fourth-order valence-electron chi connectivity index (χ4n) is 6.15. The third-order valence-corrected chi connectivity index (χ3v) is 7.64. The SMILES string of the molecule is CC(C)CCC[C@@H](C)[C@H]1CC[C@H]2/C(=C/C(=O)Nc3ccccc3O)CCC[C@]12C. The summed E-state index contributed by atoms with van der Waals surface area (Å²) >= 11 is 0. The predicted octanol–water partition coefficient (Wildman–Crippen LogP) is 6.94. The molecule has 2 N–H and O–H groups in total. The lowest BCUT2D eigenvalue weighted by molar-refractivity contribution is -0.112. The van der Waals surface area contributed by atoms with Crippen molar-refractivity contribution in [3.63, 3.8) is 0 Å². The third-order valence-electron chi connectivity index (χ3n) is 7.64. The van der Waals surface area contributed by atoms with Gasteiger partial charge in [0.1, 0.15) is 5.75 Å². The number of phenolic OH excluding ortho intramolecular Hbond substituents is 1. The van der Waals surface area contributed by atoms with Gasteiger partial charge in [-0.05, 0) is 73.3 Å². The number of carbonyl (C=O) groups is 1. The molecule has 0 aromatic heterocycles. The first-order chi connectivity index (χ1) is 13.8. The molecule has 3 nitrogen and oxygen atoms in total. The van der Waals surface area contributed by atoms with Crippen LogP contribution in [0.3, 0.4) is 0 Å². The maximum atomic E-state index is 12.6. The highest BCUT2D eigenvalue weighted by Gasteiger charge is 2.50. The minimum Gasteiger partial charge on any atom is -0.506 e. The number of nitrogens with one attached hydrogen (secondary N) is 1. The average molecular weight is 398 g/mol. The lowest BCUT2D eigenvalue weighted by Crippen LogP contribution is -2.36. The van der Waals surface area contributed by atoms with Crippen molar-refractivity contribution in [3.05, 3.63) is 35.9 Å². The lowest BCUT2D eigenvalue weighted by atomic mass is 9.60. The second-order valence-electron chi connectivity index (χ2n) is 10.1. The van der Waals surface area contributed by atoms with E-state index >= 15 is 0 Å². The summed E-state index contributed by atoms with van der Waals surface area (Å²) in [5, 5.41) is 12.8. The van der Waals surface area contributed by atoms with E-state index in [-0.39, 0.29) is 11.7 Å². The molecule has 1 amide bonds. The van der Waals surface area contributed by atoms with Crippen LogP contribution in [-0.4, -0.2) is 11.0 Å². The first-order valence-corrected chi connectivity index (χ1v) is 11.6. The zero-order chi connectivity index (χ0) is 21.0. The molecule has 160 valence electrons. The fourth-order valence-corrected chi connectivity index (χ4v) is 6.15. The van der Waals surface area contributed by atoms with Gasteiger partial charge in [-0.15, -0.1) is 0 Å². The Balaban J connectivity index is 1.68. The molecule has 0 unspecified atom stereocenters. The Morgan fingerprint density at radius 1 is 1.24 bits per heavy atom. The van der Waals surface area contributed by atoms with E-state index in [1.54, 1.807) is 18.2 Å². The van der Waals surface area contributed by atoms with Gasteiger partial charge in [-0.2, -0.15) is 0 Å². The Kier molecular flexibility index (Phi) is 7.08. The molecule has 1 aromatic carbocycles. The summed E-state index contributed by atoms with van der Waals surface area (Å²) in [5.74, 6) is 2.86. The zero-order valence-corrected chi connectivity index (χ0v) is 18.7. The van der Waals surface area contributed by atoms with Crippen molar-refractivity contribution in [2.45, 2.75) is 79.1 Å². The highest BCUT2D eigenvalue weighted by molar-refractivity contribution is 6.00. The van der Waals surface area contributed by atoms with Crippen molar-refractivity contribution >= 4 is 11.6 Å². The molecule has 0 aliphatic heterocycles. The highest BCUT2D eigenvalue weighted by atomic mass is 16.3. The monoisotopic (exact) mass is 397 g/mol. The Morgan fingerprint density at radius 3 is 2.72 bits per heavy atom. The summed E-state index contributed by atoms with van der Waals surface area (Å²) in [6.07, 6.45) is 11.8.